The lowest BCUT2D eigenvalue weighted by Gasteiger charge is -2.12. The highest BCUT2D eigenvalue weighted by atomic mass is 32.2. The molecular weight excluding hydrogens is 553 g/mol. The van der Waals surface area contributed by atoms with Gasteiger partial charge in [-0.3, -0.25) is 0 Å². The minimum absolute atomic E-state index is 0.763. The predicted molar refractivity (Wildman–Crippen MR) is 181 cm³/mol. The molecule has 2 nitrogen and oxygen atoms in total. The van der Waals surface area contributed by atoms with Crippen LogP contribution in [0.15, 0.2) is 107 Å². The van der Waals surface area contributed by atoms with Gasteiger partial charge in [0.1, 0.15) is 8.64 Å². The van der Waals surface area contributed by atoms with Crippen molar-refractivity contribution in [3.05, 3.63) is 119 Å². The number of nitrogens with one attached hydrogen (secondary N) is 2. The standard InChI is InChI=1S/C33H34N2S4/c1-3-9-26-11-5-7-13-30(26)38-32(36)34-28-19-15-24(16-20-28)23-25-17-21-29(22-18-25)35-33(37)39-31-14-8-6-12-27(31)10-4-2/h5-8,11-22H,3-4,9-10,23H2,1-2H3,(H,34,36)(H,35,37). The summed E-state index contributed by atoms with van der Waals surface area (Å²) in [5, 5.41) is 6.75. The molecule has 4 aromatic carbocycles. The first-order valence-corrected chi connectivity index (χ1v) is 15.8. The van der Waals surface area contributed by atoms with Crippen LogP contribution in [-0.4, -0.2) is 8.64 Å². The first-order chi connectivity index (χ1) is 19.0. The molecule has 4 aromatic rings. The topological polar surface area (TPSA) is 24.1 Å². The van der Waals surface area contributed by atoms with Gasteiger partial charge in [-0.2, -0.15) is 0 Å². The molecule has 6 heteroatoms. The summed E-state index contributed by atoms with van der Waals surface area (Å²) in [4.78, 5) is 2.46. The fourth-order valence-corrected chi connectivity index (χ4v) is 6.70. The van der Waals surface area contributed by atoms with Crippen molar-refractivity contribution in [1.82, 2.24) is 0 Å². The van der Waals surface area contributed by atoms with Gasteiger partial charge in [-0.05, 0) is 77.9 Å². The lowest BCUT2D eigenvalue weighted by Crippen LogP contribution is -2.05. The number of aryl methyl sites for hydroxylation is 2. The molecule has 4 rings (SSSR count). The fourth-order valence-electron chi connectivity index (χ4n) is 4.29. The summed E-state index contributed by atoms with van der Waals surface area (Å²) in [6, 6.07) is 34.0. The van der Waals surface area contributed by atoms with Crippen LogP contribution in [0.5, 0.6) is 0 Å². The van der Waals surface area contributed by atoms with Crippen LogP contribution < -0.4 is 10.6 Å². The maximum atomic E-state index is 5.63. The minimum atomic E-state index is 0.763. The van der Waals surface area contributed by atoms with Crippen LogP contribution in [-0.2, 0) is 19.3 Å². The van der Waals surface area contributed by atoms with E-state index < -0.39 is 0 Å². The van der Waals surface area contributed by atoms with E-state index in [9.17, 15) is 0 Å². The van der Waals surface area contributed by atoms with Crippen molar-refractivity contribution in [2.24, 2.45) is 0 Å². The van der Waals surface area contributed by atoms with E-state index in [2.05, 4.69) is 122 Å². The summed E-state index contributed by atoms with van der Waals surface area (Å²) >= 11 is 14.5. The SMILES string of the molecule is CCCc1ccccc1SC(=S)Nc1ccc(Cc2ccc(NC(=S)Sc3ccccc3CCC)cc2)cc1. The highest BCUT2D eigenvalue weighted by Gasteiger charge is 2.08. The number of thiocarbonyl (C=S) groups is 2. The molecule has 0 aliphatic carbocycles. The summed E-state index contributed by atoms with van der Waals surface area (Å²) < 4.78 is 1.53. The number of hydrogen-bond donors (Lipinski definition) is 2. The zero-order valence-electron chi connectivity index (χ0n) is 22.4. The lowest BCUT2D eigenvalue weighted by atomic mass is 10.0. The van der Waals surface area contributed by atoms with Gasteiger partial charge >= 0.3 is 0 Å². The van der Waals surface area contributed by atoms with Crippen molar-refractivity contribution >= 4 is 68.0 Å². The molecule has 0 spiro atoms. The van der Waals surface area contributed by atoms with Crippen LogP contribution in [0.25, 0.3) is 0 Å². The molecule has 0 fully saturated rings. The van der Waals surface area contributed by atoms with E-state index in [4.69, 9.17) is 24.4 Å². The molecule has 0 heterocycles. The highest BCUT2D eigenvalue weighted by Crippen LogP contribution is 2.28. The summed E-state index contributed by atoms with van der Waals surface area (Å²) in [5.74, 6) is 0. The normalized spacial score (nSPS) is 10.7. The summed E-state index contributed by atoms with van der Waals surface area (Å²) in [7, 11) is 0. The van der Waals surface area contributed by atoms with Crippen LogP contribution in [0.4, 0.5) is 11.4 Å². The largest absolute Gasteiger partial charge is 0.341 e. The third-order valence-corrected chi connectivity index (χ3v) is 8.71. The van der Waals surface area contributed by atoms with Gasteiger partial charge in [0.05, 0.1) is 0 Å². The summed E-state index contributed by atoms with van der Waals surface area (Å²) in [6.45, 7) is 4.41. The second kappa shape index (κ2) is 15.2. The van der Waals surface area contributed by atoms with Crippen LogP contribution in [0.2, 0.25) is 0 Å². The molecule has 0 bridgehead atoms. The molecule has 0 aliphatic rings. The third kappa shape index (κ3) is 9.21. The van der Waals surface area contributed by atoms with E-state index in [0.717, 1.165) is 52.1 Å². The predicted octanol–water partition coefficient (Wildman–Crippen LogP) is 10.2. The summed E-state index contributed by atoms with van der Waals surface area (Å²) in [6.07, 6.45) is 5.25. The van der Waals surface area contributed by atoms with Crippen molar-refractivity contribution in [2.75, 3.05) is 10.6 Å². The monoisotopic (exact) mass is 586 g/mol. The molecule has 0 saturated heterocycles. The Labute approximate surface area is 252 Å². The van der Waals surface area contributed by atoms with Gasteiger partial charge in [0, 0.05) is 21.2 Å². The van der Waals surface area contributed by atoms with E-state index >= 15 is 0 Å². The smallest absolute Gasteiger partial charge is 0.143 e. The van der Waals surface area contributed by atoms with Crippen molar-refractivity contribution in [2.45, 2.75) is 55.7 Å². The second-order valence-corrected chi connectivity index (χ2v) is 12.8. The highest BCUT2D eigenvalue weighted by molar-refractivity contribution is 8.23. The van der Waals surface area contributed by atoms with Crippen molar-refractivity contribution < 1.29 is 0 Å². The molecule has 39 heavy (non-hydrogen) atoms. The van der Waals surface area contributed by atoms with Gasteiger partial charge in [-0.1, -0.05) is 135 Å². The van der Waals surface area contributed by atoms with Crippen LogP contribution in [0, 0.1) is 0 Å². The van der Waals surface area contributed by atoms with E-state index in [0.29, 0.717) is 0 Å². The average Bonchev–Trinajstić information content (AvgIpc) is 2.93. The van der Waals surface area contributed by atoms with Gasteiger partial charge in [0.2, 0.25) is 0 Å². The first-order valence-electron chi connectivity index (χ1n) is 13.4. The van der Waals surface area contributed by atoms with Gasteiger partial charge in [0.25, 0.3) is 0 Å². The van der Waals surface area contributed by atoms with Gasteiger partial charge in [-0.25, -0.2) is 0 Å². The van der Waals surface area contributed by atoms with Crippen molar-refractivity contribution in [1.29, 1.82) is 0 Å². The molecule has 0 atom stereocenters. The Morgan fingerprint density at radius 1 is 0.564 bits per heavy atom. The molecule has 0 aliphatic heterocycles. The molecular formula is C33H34N2S4. The Morgan fingerprint density at radius 2 is 0.949 bits per heavy atom. The quantitative estimate of drug-likeness (QED) is 0.142. The number of benzene rings is 4. The average molecular weight is 587 g/mol. The summed E-state index contributed by atoms with van der Waals surface area (Å²) in [5.41, 5.74) is 7.23. The second-order valence-electron chi connectivity index (χ2n) is 9.32. The van der Waals surface area contributed by atoms with Gasteiger partial charge in [-0.15, -0.1) is 0 Å². The Morgan fingerprint density at radius 3 is 1.33 bits per heavy atom. The van der Waals surface area contributed by atoms with Crippen LogP contribution in [0.3, 0.4) is 0 Å². The Balaban J connectivity index is 1.28. The van der Waals surface area contributed by atoms with E-state index in [1.54, 1.807) is 23.5 Å². The lowest BCUT2D eigenvalue weighted by molar-refractivity contribution is 0.901. The van der Waals surface area contributed by atoms with E-state index in [-0.39, 0.29) is 0 Å². The number of thioether (sulfide) groups is 2. The molecule has 0 aromatic heterocycles. The van der Waals surface area contributed by atoms with Crippen molar-refractivity contribution in [3.63, 3.8) is 0 Å². The maximum Gasteiger partial charge on any atom is 0.143 e. The Kier molecular flexibility index (Phi) is 11.5. The zero-order valence-corrected chi connectivity index (χ0v) is 25.7. The molecule has 0 radical (unpaired) electrons. The van der Waals surface area contributed by atoms with Gasteiger partial charge in [0.15, 0.2) is 0 Å². The van der Waals surface area contributed by atoms with Crippen LogP contribution >= 0.6 is 48.0 Å². The van der Waals surface area contributed by atoms with E-state index in [1.807, 2.05) is 0 Å². The maximum absolute atomic E-state index is 5.63. The van der Waals surface area contributed by atoms with Gasteiger partial charge < -0.3 is 10.6 Å². The van der Waals surface area contributed by atoms with E-state index in [1.165, 1.54) is 32.0 Å². The number of anilines is 2. The number of rotatable bonds is 10. The Bertz CT molecular complexity index is 1270. The minimum Gasteiger partial charge on any atom is -0.341 e. The Hall–Kier alpha value is -2.64. The first kappa shape index (κ1) is 29.3. The molecule has 2 N–H and O–H groups in total. The van der Waals surface area contributed by atoms with Crippen molar-refractivity contribution in [3.8, 4) is 0 Å². The van der Waals surface area contributed by atoms with Crippen LogP contribution in [0.1, 0.15) is 48.9 Å². The molecule has 0 saturated carbocycles. The molecule has 200 valence electrons. The third-order valence-electron chi connectivity index (χ3n) is 6.20. The number of hydrogen-bond acceptors (Lipinski definition) is 4. The molecule has 0 unspecified atom stereocenters. The zero-order chi connectivity index (χ0) is 27.5. The molecule has 0 amide bonds. The fraction of sp³-hybridized carbons (Fsp3) is 0.212.